The Morgan fingerprint density at radius 3 is 2.50 bits per heavy atom. The largest absolute Gasteiger partial charge is 0.460 e. The van der Waals surface area contributed by atoms with Crippen molar-refractivity contribution in [1.29, 1.82) is 0 Å². The van der Waals surface area contributed by atoms with Crippen LogP contribution in [0.1, 0.15) is 5.56 Å². The number of aliphatic hydroxyl groups is 3. The summed E-state index contributed by atoms with van der Waals surface area (Å²) in [7, 11) is 1.31. The third-order valence-electron chi connectivity index (χ3n) is 3.61. The Kier molecular flexibility index (Phi) is 5.87. The second kappa shape index (κ2) is 7.66. The van der Waals surface area contributed by atoms with Gasteiger partial charge >= 0.3 is 5.97 Å². The second-order valence-electron chi connectivity index (χ2n) is 5.06. The van der Waals surface area contributed by atoms with Crippen molar-refractivity contribution >= 4 is 5.97 Å². The lowest BCUT2D eigenvalue weighted by molar-refractivity contribution is -0.278. The molecule has 122 valence electrons. The minimum absolute atomic E-state index is 0.0405. The maximum atomic E-state index is 12.2. The number of esters is 1. The van der Waals surface area contributed by atoms with Crippen molar-refractivity contribution in [1.82, 2.24) is 0 Å². The minimum Gasteiger partial charge on any atom is -0.460 e. The lowest BCUT2D eigenvalue weighted by atomic mass is 9.91. The number of ether oxygens (including phenoxy) is 3. The fraction of sp³-hybridized carbons (Fsp3) is 0.533. The Hall–Kier alpha value is -1.51. The predicted octanol–water partition coefficient (Wildman–Crippen LogP) is -0.569. The van der Waals surface area contributed by atoms with E-state index in [9.17, 15) is 15.0 Å². The summed E-state index contributed by atoms with van der Waals surface area (Å²) >= 11 is 0. The smallest absolute Gasteiger partial charge is 0.317 e. The molecule has 1 aromatic rings. The monoisotopic (exact) mass is 312 g/mol. The standard InChI is InChI=1S/C15H20O7/c1-20-15-11(13(18)12(17)10(7-16)22-15)14(19)21-8-9-5-3-2-4-6-9/h2-6,10-13,15-18H,7-8H2,1H3/t10-,11-,12-,13-,15+/m1/s1. The molecular weight excluding hydrogens is 292 g/mol. The van der Waals surface area contributed by atoms with Crippen LogP contribution in [0.3, 0.4) is 0 Å². The highest BCUT2D eigenvalue weighted by atomic mass is 16.7. The molecule has 0 aromatic heterocycles. The summed E-state index contributed by atoms with van der Waals surface area (Å²) in [6, 6.07) is 9.07. The van der Waals surface area contributed by atoms with Crippen molar-refractivity contribution in [3.63, 3.8) is 0 Å². The molecule has 0 unspecified atom stereocenters. The van der Waals surface area contributed by atoms with Gasteiger partial charge in [-0.2, -0.15) is 0 Å². The van der Waals surface area contributed by atoms with E-state index in [1.165, 1.54) is 7.11 Å². The summed E-state index contributed by atoms with van der Waals surface area (Å²) < 4.78 is 15.4. The van der Waals surface area contributed by atoms with Crippen LogP contribution >= 0.6 is 0 Å². The molecule has 1 aliphatic rings. The van der Waals surface area contributed by atoms with E-state index in [2.05, 4.69) is 0 Å². The van der Waals surface area contributed by atoms with E-state index >= 15 is 0 Å². The summed E-state index contributed by atoms with van der Waals surface area (Å²) in [5, 5.41) is 29.0. The van der Waals surface area contributed by atoms with E-state index in [4.69, 9.17) is 19.3 Å². The number of hydrogen-bond acceptors (Lipinski definition) is 7. The summed E-state index contributed by atoms with van der Waals surface area (Å²) in [5.74, 6) is -1.93. The van der Waals surface area contributed by atoms with Gasteiger partial charge in [-0.15, -0.1) is 0 Å². The molecule has 7 heteroatoms. The van der Waals surface area contributed by atoms with Crippen molar-refractivity contribution in [2.24, 2.45) is 5.92 Å². The molecule has 1 fully saturated rings. The van der Waals surface area contributed by atoms with Gasteiger partial charge in [-0.1, -0.05) is 30.3 Å². The van der Waals surface area contributed by atoms with Gasteiger partial charge in [-0.05, 0) is 5.56 Å². The number of carbonyl (C=O) groups excluding carboxylic acids is 1. The Labute approximate surface area is 128 Å². The van der Waals surface area contributed by atoms with Gasteiger partial charge in [0.1, 0.15) is 30.8 Å². The minimum atomic E-state index is -1.45. The Morgan fingerprint density at radius 1 is 1.23 bits per heavy atom. The van der Waals surface area contributed by atoms with Gasteiger partial charge in [0.25, 0.3) is 0 Å². The number of methoxy groups -OCH3 is 1. The average Bonchev–Trinajstić information content (AvgIpc) is 2.55. The molecule has 0 bridgehead atoms. The van der Waals surface area contributed by atoms with E-state index in [1.54, 1.807) is 12.1 Å². The molecule has 3 N–H and O–H groups in total. The Bertz CT molecular complexity index is 476. The van der Waals surface area contributed by atoms with Gasteiger partial charge in [0.05, 0.1) is 6.61 Å². The molecule has 0 spiro atoms. The van der Waals surface area contributed by atoms with Crippen LogP contribution in [0.25, 0.3) is 0 Å². The first-order valence-electron chi connectivity index (χ1n) is 6.94. The Balaban J connectivity index is 2.03. The molecular formula is C15H20O7. The molecule has 0 amide bonds. The van der Waals surface area contributed by atoms with Crippen molar-refractivity contribution in [2.75, 3.05) is 13.7 Å². The number of rotatable bonds is 5. The third kappa shape index (κ3) is 3.63. The first kappa shape index (κ1) is 16.9. The van der Waals surface area contributed by atoms with Crippen molar-refractivity contribution in [3.8, 4) is 0 Å². The van der Waals surface area contributed by atoms with Crippen LogP contribution < -0.4 is 0 Å². The van der Waals surface area contributed by atoms with Crippen LogP contribution in [0.5, 0.6) is 0 Å². The fourth-order valence-corrected chi connectivity index (χ4v) is 2.36. The van der Waals surface area contributed by atoms with Gasteiger partial charge in [0, 0.05) is 7.11 Å². The van der Waals surface area contributed by atoms with Crippen molar-refractivity contribution in [3.05, 3.63) is 35.9 Å². The predicted molar refractivity (Wildman–Crippen MR) is 74.5 cm³/mol. The van der Waals surface area contributed by atoms with Crippen LogP contribution in [-0.4, -0.2) is 59.6 Å². The molecule has 0 radical (unpaired) electrons. The highest BCUT2D eigenvalue weighted by molar-refractivity contribution is 5.74. The van der Waals surface area contributed by atoms with E-state index in [-0.39, 0.29) is 6.61 Å². The van der Waals surface area contributed by atoms with E-state index in [1.807, 2.05) is 18.2 Å². The fourth-order valence-electron chi connectivity index (χ4n) is 2.36. The first-order chi connectivity index (χ1) is 10.6. The van der Waals surface area contributed by atoms with Crippen molar-refractivity contribution in [2.45, 2.75) is 31.2 Å². The molecule has 7 nitrogen and oxygen atoms in total. The first-order valence-corrected chi connectivity index (χ1v) is 6.94. The van der Waals surface area contributed by atoms with Gasteiger partial charge in [0.2, 0.25) is 0 Å². The molecule has 0 saturated carbocycles. The molecule has 1 aromatic carbocycles. The summed E-state index contributed by atoms with van der Waals surface area (Å²) in [5.41, 5.74) is 0.796. The number of carbonyl (C=O) groups is 1. The molecule has 0 aliphatic carbocycles. The van der Waals surface area contributed by atoms with Gasteiger partial charge < -0.3 is 29.5 Å². The summed E-state index contributed by atoms with van der Waals surface area (Å²) in [6.07, 6.45) is -4.96. The normalized spacial score (nSPS) is 31.7. The van der Waals surface area contributed by atoms with Crippen molar-refractivity contribution < 1.29 is 34.3 Å². The van der Waals surface area contributed by atoms with Crippen LogP contribution in [0.4, 0.5) is 0 Å². The molecule has 22 heavy (non-hydrogen) atoms. The highest BCUT2D eigenvalue weighted by Crippen LogP contribution is 2.28. The number of benzene rings is 1. The molecule has 1 aliphatic heterocycles. The Morgan fingerprint density at radius 2 is 1.91 bits per heavy atom. The zero-order valence-electron chi connectivity index (χ0n) is 12.2. The molecule has 1 saturated heterocycles. The number of aliphatic hydroxyl groups excluding tert-OH is 3. The van der Waals surface area contributed by atoms with Crippen LogP contribution in [0, 0.1) is 5.92 Å². The maximum Gasteiger partial charge on any atom is 0.317 e. The zero-order chi connectivity index (χ0) is 16.1. The van der Waals surface area contributed by atoms with Crippen LogP contribution in [-0.2, 0) is 25.6 Å². The second-order valence-corrected chi connectivity index (χ2v) is 5.06. The van der Waals surface area contributed by atoms with Gasteiger partial charge in [-0.25, -0.2) is 0 Å². The molecule has 2 rings (SSSR count). The zero-order valence-corrected chi connectivity index (χ0v) is 12.2. The van der Waals surface area contributed by atoms with Crippen LogP contribution in [0.2, 0.25) is 0 Å². The van der Waals surface area contributed by atoms with E-state index < -0.39 is 43.1 Å². The summed E-state index contributed by atoms with van der Waals surface area (Å²) in [6.45, 7) is -0.456. The number of hydrogen-bond donors (Lipinski definition) is 3. The summed E-state index contributed by atoms with van der Waals surface area (Å²) in [4.78, 5) is 12.2. The quantitative estimate of drug-likeness (QED) is 0.625. The lowest BCUT2D eigenvalue weighted by Gasteiger charge is -2.40. The SMILES string of the molecule is CO[C@H]1O[C@H](CO)[C@@H](O)[C@H](O)[C@@H]1C(=O)OCc1ccccc1. The topological polar surface area (TPSA) is 105 Å². The molecule has 5 atom stereocenters. The van der Waals surface area contributed by atoms with E-state index in [0.29, 0.717) is 0 Å². The maximum absolute atomic E-state index is 12.2. The van der Waals surface area contributed by atoms with Gasteiger partial charge in [0.15, 0.2) is 6.29 Å². The highest BCUT2D eigenvalue weighted by Gasteiger charge is 2.48. The van der Waals surface area contributed by atoms with Gasteiger partial charge in [-0.3, -0.25) is 4.79 Å². The van der Waals surface area contributed by atoms with E-state index in [0.717, 1.165) is 5.56 Å². The van der Waals surface area contributed by atoms with Crippen LogP contribution in [0.15, 0.2) is 30.3 Å². The molecule has 1 heterocycles. The lowest BCUT2D eigenvalue weighted by Crippen LogP contribution is -2.58. The average molecular weight is 312 g/mol. The third-order valence-corrected chi connectivity index (χ3v) is 3.61.